The Hall–Kier alpha value is -2.12. The first kappa shape index (κ1) is 13.8. The van der Waals surface area contributed by atoms with E-state index >= 15 is 0 Å². The van der Waals surface area contributed by atoms with Gasteiger partial charge in [0.2, 0.25) is 5.89 Å². The van der Waals surface area contributed by atoms with Gasteiger partial charge in [-0.25, -0.2) is 0 Å². The molecular weight excluding hydrogens is 312 g/mol. The van der Waals surface area contributed by atoms with Crippen LogP contribution in [0.1, 0.15) is 21.4 Å². The summed E-state index contributed by atoms with van der Waals surface area (Å²) in [5, 5.41) is 7.67. The van der Waals surface area contributed by atoms with Crippen LogP contribution >= 0.6 is 22.9 Å². The van der Waals surface area contributed by atoms with Gasteiger partial charge in [-0.2, -0.15) is 4.98 Å². The lowest BCUT2D eigenvalue weighted by Gasteiger charge is -2.01. The van der Waals surface area contributed by atoms with Crippen molar-refractivity contribution in [3.05, 3.63) is 39.8 Å². The van der Waals surface area contributed by atoms with Crippen LogP contribution < -0.4 is 11.1 Å². The number of aromatic nitrogens is 2. The van der Waals surface area contributed by atoms with Crippen LogP contribution in [-0.2, 0) is 6.54 Å². The molecule has 2 aromatic heterocycles. The Morgan fingerprint density at radius 2 is 2.33 bits per heavy atom. The summed E-state index contributed by atoms with van der Waals surface area (Å²) in [6.07, 6.45) is 0. The van der Waals surface area contributed by atoms with Crippen molar-refractivity contribution in [3.63, 3.8) is 0 Å². The van der Waals surface area contributed by atoms with Crippen LogP contribution in [0.4, 0.5) is 5.69 Å². The fraction of sp³-hybridized carbons (Fsp3) is 0.154. The first-order valence-electron chi connectivity index (χ1n) is 6.10. The SMILES string of the molecule is Cc1nc(CNC(=O)c2sc3cccc(Cl)c3c2N)no1. The van der Waals surface area contributed by atoms with Gasteiger partial charge in [-0.1, -0.05) is 22.8 Å². The van der Waals surface area contributed by atoms with E-state index in [0.717, 1.165) is 4.70 Å². The number of aryl methyl sites for hydroxylation is 1. The van der Waals surface area contributed by atoms with Gasteiger partial charge in [0, 0.05) is 17.0 Å². The highest BCUT2D eigenvalue weighted by molar-refractivity contribution is 7.21. The largest absolute Gasteiger partial charge is 0.397 e. The molecule has 0 saturated heterocycles. The second-order valence-electron chi connectivity index (χ2n) is 4.37. The van der Waals surface area contributed by atoms with Gasteiger partial charge in [-0.3, -0.25) is 4.79 Å². The first-order valence-corrected chi connectivity index (χ1v) is 7.29. The number of hydrogen-bond donors (Lipinski definition) is 2. The predicted molar refractivity (Wildman–Crippen MR) is 81.5 cm³/mol. The molecule has 108 valence electrons. The Labute approximate surface area is 128 Å². The van der Waals surface area contributed by atoms with E-state index in [-0.39, 0.29) is 12.5 Å². The fourth-order valence-electron chi connectivity index (χ4n) is 1.95. The van der Waals surface area contributed by atoms with Gasteiger partial charge in [0.1, 0.15) is 4.88 Å². The van der Waals surface area contributed by atoms with Gasteiger partial charge in [0.05, 0.1) is 17.3 Å². The average molecular weight is 323 g/mol. The maximum atomic E-state index is 12.2. The number of nitrogen functional groups attached to an aromatic ring is 1. The molecule has 0 spiro atoms. The van der Waals surface area contributed by atoms with Crippen LogP contribution in [0.2, 0.25) is 5.02 Å². The summed E-state index contributed by atoms with van der Waals surface area (Å²) >= 11 is 7.42. The second kappa shape index (κ2) is 5.34. The van der Waals surface area contributed by atoms with Crippen molar-refractivity contribution in [2.24, 2.45) is 0 Å². The third-order valence-electron chi connectivity index (χ3n) is 2.88. The van der Waals surface area contributed by atoms with Gasteiger partial charge in [-0.15, -0.1) is 11.3 Å². The minimum atomic E-state index is -0.285. The number of anilines is 1. The molecule has 0 saturated carbocycles. The van der Waals surface area contributed by atoms with Crippen LogP contribution in [0.3, 0.4) is 0 Å². The monoisotopic (exact) mass is 322 g/mol. The molecular formula is C13H11ClN4O2S. The van der Waals surface area contributed by atoms with Gasteiger partial charge >= 0.3 is 0 Å². The van der Waals surface area contributed by atoms with Crippen molar-refractivity contribution in [1.82, 2.24) is 15.5 Å². The highest BCUT2D eigenvalue weighted by Crippen LogP contribution is 2.37. The zero-order valence-electron chi connectivity index (χ0n) is 11.0. The van der Waals surface area contributed by atoms with E-state index in [2.05, 4.69) is 15.5 Å². The van der Waals surface area contributed by atoms with Crippen LogP contribution in [0, 0.1) is 6.92 Å². The molecule has 0 radical (unpaired) electrons. The number of amides is 1. The zero-order valence-corrected chi connectivity index (χ0v) is 12.6. The van der Waals surface area contributed by atoms with Gasteiger partial charge < -0.3 is 15.6 Å². The third kappa shape index (κ3) is 2.57. The van der Waals surface area contributed by atoms with Crippen molar-refractivity contribution < 1.29 is 9.32 Å². The van der Waals surface area contributed by atoms with Crippen molar-refractivity contribution in [2.45, 2.75) is 13.5 Å². The zero-order chi connectivity index (χ0) is 15.0. The lowest BCUT2D eigenvalue weighted by Crippen LogP contribution is -2.23. The highest BCUT2D eigenvalue weighted by atomic mass is 35.5. The van der Waals surface area contributed by atoms with Gasteiger partial charge in [-0.05, 0) is 12.1 Å². The average Bonchev–Trinajstić information content (AvgIpc) is 3.01. The molecule has 6 nitrogen and oxygen atoms in total. The topological polar surface area (TPSA) is 94.0 Å². The Balaban J connectivity index is 1.84. The molecule has 1 amide bonds. The Bertz CT molecular complexity index is 827. The van der Waals surface area contributed by atoms with E-state index in [9.17, 15) is 4.79 Å². The van der Waals surface area contributed by atoms with Crippen molar-refractivity contribution >= 4 is 44.6 Å². The summed E-state index contributed by atoms with van der Waals surface area (Å²) in [6, 6.07) is 5.45. The number of halogens is 1. The Morgan fingerprint density at radius 3 is 3.00 bits per heavy atom. The number of thiophene rings is 1. The van der Waals surface area contributed by atoms with E-state index in [0.29, 0.717) is 32.7 Å². The minimum absolute atomic E-state index is 0.178. The van der Waals surface area contributed by atoms with E-state index in [1.165, 1.54) is 11.3 Å². The maximum Gasteiger partial charge on any atom is 0.263 e. The number of rotatable bonds is 3. The molecule has 21 heavy (non-hydrogen) atoms. The smallest absolute Gasteiger partial charge is 0.263 e. The van der Waals surface area contributed by atoms with Crippen molar-refractivity contribution in [3.8, 4) is 0 Å². The number of nitrogens with two attached hydrogens (primary N) is 1. The van der Waals surface area contributed by atoms with Crippen LogP contribution in [-0.4, -0.2) is 16.0 Å². The highest BCUT2D eigenvalue weighted by Gasteiger charge is 2.18. The molecule has 0 aliphatic carbocycles. The summed E-state index contributed by atoms with van der Waals surface area (Å²) < 4.78 is 5.71. The quantitative estimate of drug-likeness (QED) is 0.773. The van der Waals surface area contributed by atoms with Crippen LogP contribution in [0.15, 0.2) is 22.7 Å². The molecule has 0 aliphatic heterocycles. The molecule has 0 unspecified atom stereocenters. The summed E-state index contributed by atoms with van der Waals surface area (Å²) in [6.45, 7) is 1.86. The molecule has 0 atom stereocenters. The maximum absolute atomic E-state index is 12.2. The first-order chi connectivity index (χ1) is 10.1. The van der Waals surface area contributed by atoms with E-state index in [4.69, 9.17) is 21.9 Å². The molecule has 0 fully saturated rings. The Kier molecular flexibility index (Phi) is 3.52. The fourth-order valence-corrected chi connectivity index (χ4v) is 3.35. The van der Waals surface area contributed by atoms with E-state index in [1.807, 2.05) is 12.1 Å². The number of hydrogen-bond acceptors (Lipinski definition) is 6. The normalized spacial score (nSPS) is 11.0. The molecule has 0 aliphatic rings. The number of nitrogens with zero attached hydrogens (tertiary/aromatic N) is 2. The second-order valence-corrected chi connectivity index (χ2v) is 5.83. The third-order valence-corrected chi connectivity index (χ3v) is 4.37. The molecule has 8 heteroatoms. The lowest BCUT2D eigenvalue weighted by molar-refractivity contribution is 0.0954. The molecule has 3 aromatic rings. The van der Waals surface area contributed by atoms with Gasteiger partial charge in [0.15, 0.2) is 5.82 Å². The van der Waals surface area contributed by atoms with Gasteiger partial charge in [0.25, 0.3) is 5.91 Å². The van der Waals surface area contributed by atoms with Crippen molar-refractivity contribution in [2.75, 3.05) is 5.73 Å². The summed E-state index contributed by atoms with van der Waals surface area (Å²) in [7, 11) is 0. The van der Waals surface area contributed by atoms with E-state index in [1.54, 1.807) is 13.0 Å². The lowest BCUT2D eigenvalue weighted by atomic mass is 10.2. The molecule has 3 N–H and O–H groups in total. The summed E-state index contributed by atoms with van der Waals surface area (Å²) in [5.41, 5.74) is 6.42. The number of fused-ring (bicyclic) bond motifs is 1. The standard InChI is InChI=1S/C13H11ClN4O2S/c1-6-17-9(18-20-6)5-16-13(19)12-11(15)10-7(14)3-2-4-8(10)21-12/h2-4H,5,15H2,1H3,(H,16,19). The number of carbonyl (C=O) groups excluding carboxylic acids is 1. The summed E-state index contributed by atoms with van der Waals surface area (Å²) in [5.74, 6) is 0.582. The number of benzene rings is 1. The summed E-state index contributed by atoms with van der Waals surface area (Å²) in [4.78, 5) is 16.7. The molecule has 1 aromatic carbocycles. The molecule has 3 rings (SSSR count). The van der Waals surface area contributed by atoms with Crippen molar-refractivity contribution in [1.29, 1.82) is 0 Å². The van der Waals surface area contributed by atoms with Crippen LogP contribution in [0.5, 0.6) is 0 Å². The molecule has 2 heterocycles. The minimum Gasteiger partial charge on any atom is -0.397 e. The molecule has 0 bridgehead atoms. The number of carbonyl (C=O) groups is 1. The van der Waals surface area contributed by atoms with E-state index < -0.39 is 0 Å². The predicted octanol–water partition coefficient (Wildman–Crippen LogP) is 2.76. The number of nitrogens with one attached hydrogen (secondary N) is 1. The van der Waals surface area contributed by atoms with Crippen LogP contribution in [0.25, 0.3) is 10.1 Å². The Morgan fingerprint density at radius 1 is 1.52 bits per heavy atom.